The smallest absolute Gasteiger partial charge is 0.126 e. The lowest BCUT2D eigenvalue weighted by Gasteiger charge is -2.16. The SMILES string of the molecule is C=C(CC)NC(C)Cc1ccc(C)c(F)c1. The summed E-state index contributed by atoms with van der Waals surface area (Å²) in [6.45, 7) is 9.82. The van der Waals surface area contributed by atoms with E-state index in [2.05, 4.69) is 25.7 Å². The first kappa shape index (κ1) is 12.8. The maximum Gasteiger partial charge on any atom is 0.126 e. The number of benzene rings is 1. The predicted molar refractivity (Wildman–Crippen MR) is 66.9 cm³/mol. The summed E-state index contributed by atoms with van der Waals surface area (Å²) in [5.74, 6) is -0.126. The van der Waals surface area contributed by atoms with Crippen LogP contribution >= 0.6 is 0 Å². The largest absolute Gasteiger partial charge is 0.386 e. The van der Waals surface area contributed by atoms with E-state index in [-0.39, 0.29) is 11.9 Å². The second kappa shape index (κ2) is 5.69. The third-order valence-corrected chi connectivity index (χ3v) is 2.66. The zero-order chi connectivity index (χ0) is 12.1. The maximum atomic E-state index is 13.3. The molecule has 16 heavy (non-hydrogen) atoms. The number of aryl methyl sites for hydroxylation is 1. The quantitative estimate of drug-likeness (QED) is 0.801. The van der Waals surface area contributed by atoms with E-state index in [1.54, 1.807) is 13.0 Å². The van der Waals surface area contributed by atoms with E-state index < -0.39 is 0 Å². The molecule has 0 aliphatic carbocycles. The molecule has 1 aromatic carbocycles. The molecule has 0 amide bonds. The highest BCUT2D eigenvalue weighted by atomic mass is 19.1. The van der Waals surface area contributed by atoms with E-state index in [4.69, 9.17) is 0 Å². The third kappa shape index (κ3) is 3.69. The average Bonchev–Trinajstić information content (AvgIpc) is 2.23. The van der Waals surface area contributed by atoms with E-state index in [0.29, 0.717) is 5.56 Å². The van der Waals surface area contributed by atoms with Crippen molar-refractivity contribution in [1.29, 1.82) is 0 Å². The maximum absolute atomic E-state index is 13.3. The van der Waals surface area contributed by atoms with Crippen LogP contribution in [0.1, 0.15) is 31.4 Å². The fourth-order valence-electron chi connectivity index (χ4n) is 1.62. The highest BCUT2D eigenvalue weighted by molar-refractivity contribution is 5.24. The fourth-order valence-corrected chi connectivity index (χ4v) is 1.62. The molecular formula is C14H20FN. The van der Waals surface area contributed by atoms with Gasteiger partial charge in [0, 0.05) is 11.7 Å². The van der Waals surface area contributed by atoms with Crippen LogP contribution in [0.25, 0.3) is 0 Å². The van der Waals surface area contributed by atoms with Crippen molar-refractivity contribution in [1.82, 2.24) is 5.32 Å². The minimum absolute atomic E-state index is 0.126. The number of hydrogen-bond acceptors (Lipinski definition) is 1. The van der Waals surface area contributed by atoms with Crippen LogP contribution in [-0.4, -0.2) is 6.04 Å². The second-order valence-corrected chi connectivity index (χ2v) is 4.29. The molecule has 0 heterocycles. The van der Waals surface area contributed by atoms with Gasteiger partial charge in [0.15, 0.2) is 0 Å². The minimum atomic E-state index is -0.126. The van der Waals surface area contributed by atoms with Crippen molar-refractivity contribution in [3.8, 4) is 0 Å². The van der Waals surface area contributed by atoms with Crippen molar-refractivity contribution >= 4 is 0 Å². The lowest BCUT2D eigenvalue weighted by atomic mass is 10.0. The summed E-state index contributed by atoms with van der Waals surface area (Å²) in [6, 6.07) is 5.70. The standard InChI is InChI=1S/C14H20FN/c1-5-11(3)16-12(4)8-13-7-6-10(2)14(15)9-13/h6-7,9,12,16H,3,5,8H2,1-2,4H3. The molecule has 1 nitrogen and oxygen atoms in total. The molecule has 0 saturated heterocycles. The summed E-state index contributed by atoms with van der Waals surface area (Å²) in [4.78, 5) is 0. The number of allylic oxidation sites excluding steroid dienone is 1. The minimum Gasteiger partial charge on any atom is -0.386 e. The second-order valence-electron chi connectivity index (χ2n) is 4.29. The van der Waals surface area contributed by atoms with Gasteiger partial charge < -0.3 is 5.32 Å². The van der Waals surface area contributed by atoms with Crippen LogP contribution in [0.3, 0.4) is 0 Å². The Kier molecular flexibility index (Phi) is 4.53. The molecule has 1 unspecified atom stereocenters. The molecule has 0 bridgehead atoms. The molecule has 1 atom stereocenters. The first-order valence-electron chi connectivity index (χ1n) is 5.72. The Hall–Kier alpha value is -1.31. The van der Waals surface area contributed by atoms with Gasteiger partial charge in [0.05, 0.1) is 0 Å². The van der Waals surface area contributed by atoms with Gasteiger partial charge in [-0.15, -0.1) is 0 Å². The molecule has 0 aliphatic rings. The molecular weight excluding hydrogens is 201 g/mol. The van der Waals surface area contributed by atoms with Gasteiger partial charge in [-0.2, -0.15) is 0 Å². The summed E-state index contributed by atoms with van der Waals surface area (Å²) in [5.41, 5.74) is 2.74. The molecule has 2 heteroatoms. The van der Waals surface area contributed by atoms with Gasteiger partial charge in [-0.1, -0.05) is 25.6 Å². The monoisotopic (exact) mass is 221 g/mol. The van der Waals surface area contributed by atoms with Crippen LogP contribution in [0.5, 0.6) is 0 Å². The number of nitrogens with one attached hydrogen (secondary N) is 1. The molecule has 0 fully saturated rings. The Balaban J connectivity index is 2.59. The summed E-state index contributed by atoms with van der Waals surface area (Å²) in [7, 11) is 0. The Morgan fingerprint density at radius 2 is 2.19 bits per heavy atom. The van der Waals surface area contributed by atoms with E-state index in [9.17, 15) is 4.39 Å². The first-order valence-corrected chi connectivity index (χ1v) is 5.72. The Labute approximate surface area is 97.4 Å². The van der Waals surface area contributed by atoms with Gasteiger partial charge in [0.25, 0.3) is 0 Å². The van der Waals surface area contributed by atoms with Gasteiger partial charge in [-0.05, 0) is 43.9 Å². The summed E-state index contributed by atoms with van der Waals surface area (Å²) in [6.07, 6.45) is 1.74. The van der Waals surface area contributed by atoms with E-state index in [1.165, 1.54) is 0 Å². The molecule has 88 valence electrons. The van der Waals surface area contributed by atoms with Crippen molar-refractivity contribution in [3.63, 3.8) is 0 Å². The molecule has 1 rings (SSSR count). The predicted octanol–water partition coefficient (Wildman–Crippen LogP) is 3.58. The number of halogens is 1. The van der Waals surface area contributed by atoms with Crippen molar-refractivity contribution < 1.29 is 4.39 Å². The molecule has 0 aromatic heterocycles. The van der Waals surface area contributed by atoms with Gasteiger partial charge >= 0.3 is 0 Å². The molecule has 0 aliphatic heterocycles. The number of rotatable bonds is 5. The van der Waals surface area contributed by atoms with Crippen molar-refractivity contribution in [3.05, 3.63) is 47.4 Å². The molecule has 1 aromatic rings. The summed E-state index contributed by atoms with van der Waals surface area (Å²) < 4.78 is 13.3. The first-order chi connectivity index (χ1) is 7.52. The molecule has 0 radical (unpaired) electrons. The van der Waals surface area contributed by atoms with E-state index >= 15 is 0 Å². The average molecular weight is 221 g/mol. The van der Waals surface area contributed by atoms with Gasteiger partial charge in [0.1, 0.15) is 5.82 Å². The summed E-state index contributed by atoms with van der Waals surface area (Å²) >= 11 is 0. The van der Waals surface area contributed by atoms with Crippen LogP contribution < -0.4 is 5.32 Å². The van der Waals surface area contributed by atoms with Crippen LogP contribution in [0.15, 0.2) is 30.5 Å². The van der Waals surface area contributed by atoms with Crippen LogP contribution in [0.4, 0.5) is 4.39 Å². The lowest BCUT2D eigenvalue weighted by Crippen LogP contribution is -2.26. The zero-order valence-electron chi connectivity index (χ0n) is 10.3. The van der Waals surface area contributed by atoms with Gasteiger partial charge in [-0.3, -0.25) is 0 Å². The fraction of sp³-hybridized carbons (Fsp3) is 0.429. The van der Waals surface area contributed by atoms with Gasteiger partial charge in [0.2, 0.25) is 0 Å². The van der Waals surface area contributed by atoms with Gasteiger partial charge in [-0.25, -0.2) is 4.39 Å². The summed E-state index contributed by atoms with van der Waals surface area (Å²) in [5, 5.41) is 3.30. The van der Waals surface area contributed by atoms with Crippen LogP contribution in [-0.2, 0) is 6.42 Å². The Bertz CT molecular complexity index is 371. The van der Waals surface area contributed by atoms with Crippen LogP contribution in [0.2, 0.25) is 0 Å². The Morgan fingerprint density at radius 3 is 2.75 bits per heavy atom. The van der Waals surface area contributed by atoms with Crippen molar-refractivity contribution in [2.45, 2.75) is 39.7 Å². The topological polar surface area (TPSA) is 12.0 Å². The molecule has 0 saturated carbocycles. The molecule has 1 N–H and O–H groups in total. The van der Waals surface area contributed by atoms with E-state index in [1.807, 2.05) is 12.1 Å². The van der Waals surface area contributed by atoms with E-state index in [0.717, 1.165) is 24.1 Å². The normalized spacial score (nSPS) is 12.2. The van der Waals surface area contributed by atoms with Crippen LogP contribution in [0, 0.1) is 12.7 Å². The third-order valence-electron chi connectivity index (χ3n) is 2.66. The van der Waals surface area contributed by atoms with Crippen molar-refractivity contribution in [2.75, 3.05) is 0 Å². The molecule has 0 spiro atoms. The Morgan fingerprint density at radius 1 is 1.50 bits per heavy atom. The highest BCUT2D eigenvalue weighted by Crippen LogP contribution is 2.11. The van der Waals surface area contributed by atoms with Crippen molar-refractivity contribution in [2.24, 2.45) is 0 Å². The zero-order valence-corrected chi connectivity index (χ0v) is 10.3. The lowest BCUT2D eigenvalue weighted by molar-refractivity contribution is 0.588. The highest BCUT2D eigenvalue weighted by Gasteiger charge is 2.05. The number of hydrogen-bond donors (Lipinski definition) is 1.